The number of halogens is 1. The summed E-state index contributed by atoms with van der Waals surface area (Å²) in [5, 5.41) is 7.92. The van der Waals surface area contributed by atoms with Gasteiger partial charge in [0.2, 0.25) is 0 Å². The maximum absolute atomic E-state index is 5.99. The molecule has 2 N–H and O–H groups in total. The Morgan fingerprint density at radius 2 is 1.89 bits per heavy atom. The molecular formula is C22H36ClN5. The van der Waals surface area contributed by atoms with E-state index in [0.717, 1.165) is 56.5 Å². The average Bonchev–Trinajstić information content (AvgIpc) is 2.70. The zero-order valence-electron chi connectivity index (χ0n) is 17.5. The number of hydrogen-bond donors (Lipinski definition) is 2. The number of nitrogens with zero attached hydrogens (tertiary/aromatic N) is 3. The highest BCUT2D eigenvalue weighted by Gasteiger charge is 2.21. The van der Waals surface area contributed by atoms with E-state index < -0.39 is 0 Å². The Hall–Kier alpha value is -1.30. The second-order valence-electron chi connectivity index (χ2n) is 8.31. The lowest BCUT2D eigenvalue weighted by atomic mass is 9.99. The molecule has 0 saturated carbocycles. The van der Waals surface area contributed by atoms with Gasteiger partial charge in [-0.2, -0.15) is 0 Å². The van der Waals surface area contributed by atoms with Crippen molar-refractivity contribution in [1.82, 2.24) is 20.4 Å². The smallest absolute Gasteiger partial charge is 0.191 e. The molecule has 1 aromatic carbocycles. The normalized spacial score (nSPS) is 23.0. The van der Waals surface area contributed by atoms with Gasteiger partial charge in [0.15, 0.2) is 5.96 Å². The second kappa shape index (κ2) is 11.0. The van der Waals surface area contributed by atoms with Gasteiger partial charge in [0.1, 0.15) is 0 Å². The number of piperidine rings is 2. The number of hydrogen-bond acceptors (Lipinski definition) is 3. The van der Waals surface area contributed by atoms with Crippen LogP contribution < -0.4 is 10.6 Å². The summed E-state index contributed by atoms with van der Waals surface area (Å²) in [6.07, 6.45) is 4.91. The zero-order valence-corrected chi connectivity index (χ0v) is 18.2. The molecule has 0 amide bonds. The molecule has 0 bridgehead atoms. The summed E-state index contributed by atoms with van der Waals surface area (Å²) in [7, 11) is 2.22. The van der Waals surface area contributed by atoms with Crippen LogP contribution in [0, 0.1) is 5.92 Å². The molecule has 1 unspecified atom stereocenters. The maximum Gasteiger partial charge on any atom is 0.191 e. The molecule has 0 aliphatic carbocycles. The van der Waals surface area contributed by atoms with Gasteiger partial charge in [-0.15, -0.1) is 0 Å². The van der Waals surface area contributed by atoms with Crippen molar-refractivity contribution < 1.29 is 0 Å². The van der Waals surface area contributed by atoms with E-state index in [-0.39, 0.29) is 0 Å². The van der Waals surface area contributed by atoms with Gasteiger partial charge in [0.05, 0.1) is 0 Å². The van der Waals surface area contributed by atoms with Crippen LogP contribution in [-0.2, 0) is 6.54 Å². The van der Waals surface area contributed by atoms with E-state index in [1.807, 2.05) is 12.1 Å². The maximum atomic E-state index is 5.99. The van der Waals surface area contributed by atoms with E-state index in [9.17, 15) is 0 Å². The molecular weight excluding hydrogens is 370 g/mol. The largest absolute Gasteiger partial charge is 0.357 e. The monoisotopic (exact) mass is 405 g/mol. The van der Waals surface area contributed by atoms with Gasteiger partial charge in [-0.05, 0) is 69.8 Å². The van der Waals surface area contributed by atoms with E-state index >= 15 is 0 Å². The summed E-state index contributed by atoms with van der Waals surface area (Å²) in [5.74, 6) is 1.68. The molecule has 5 nitrogen and oxygen atoms in total. The first-order valence-corrected chi connectivity index (χ1v) is 11.2. The summed E-state index contributed by atoms with van der Waals surface area (Å²) >= 11 is 5.99. The molecule has 2 heterocycles. The Balaban J connectivity index is 1.44. The predicted molar refractivity (Wildman–Crippen MR) is 119 cm³/mol. The number of benzene rings is 1. The van der Waals surface area contributed by atoms with Crippen LogP contribution >= 0.6 is 11.6 Å². The number of likely N-dealkylation sites (tertiary alicyclic amines) is 2. The van der Waals surface area contributed by atoms with Crippen molar-refractivity contribution >= 4 is 17.6 Å². The Morgan fingerprint density at radius 3 is 2.57 bits per heavy atom. The van der Waals surface area contributed by atoms with Gasteiger partial charge in [0.25, 0.3) is 0 Å². The summed E-state index contributed by atoms with van der Waals surface area (Å²) in [5.41, 5.74) is 1.34. The van der Waals surface area contributed by atoms with Gasteiger partial charge in [-0.1, -0.05) is 23.7 Å². The molecule has 2 saturated heterocycles. The second-order valence-corrected chi connectivity index (χ2v) is 8.75. The minimum Gasteiger partial charge on any atom is -0.357 e. The quantitative estimate of drug-likeness (QED) is 0.563. The van der Waals surface area contributed by atoms with Crippen LogP contribution in [0.3, 0.4) is 0 Å². The molecule has 156 valence electrons. The highest BCUT2D eigenvalue weighted by atomic mass is 35.5. The third kappa shape index (κ3) is 6.94. The standard InChI is InChI=1S/C22H36ClN5/c1-3-24-22(25-15-19-5-4-12-27(2)16-19)26-21-10-13-28(14-11-21)17-18-6-8-20(23)9-7-18/h6-9,19,21H,3-5,10-17H2,1-2H3,(H2,24,25,26). The SMILES string of the molecule is CCNC(=NCC1CCCN(C)C1)NC1CCN(Cc2ccc(Cl)cc2)CC1. The van der Waals surface area contributed by atoms with E-state index in [0.29, 0.717) is 12.0 Å². The van der Waals surface area contributed by atoms with Gasteiger partial charge in [-0.3, -0.25) is 9.89 Å². The fraction of sp³-hybridized carbons (Fsp3) is 0.682. The molecule has 2 aliphatic rings. The predicted octanol–water partition coefficient (Wildman–Crippen LogP) is 3.20. The lowest BCUT2D eigenvalue weighted by molar-refractivity contribution is 0.198. The minimum absolute atomic E-state index is 0.508. The third-order valence-corrected chi connectivity index (χ3v) is 6.07. The van der Waals surface area contributed by atoms with E-state index in [1.165, 1.54) is 31.5 Å². The van der Waals surface area contributed by atoms with E-state index in [1.54, 1.807) is 0 Å². The number of nitrogens with one attached hydrogen (secondary N) is 2. The number of guanidine groups is 1. The molecule has 0 radical (unpaired) electrons. The topological polar surface area (TPSA) is 42.9 Å². The van der Waals surface area contributed by atoms with Gasteiger partial charge in [-0.25, -0.2) is 0 Å². The highest BCUT2D eigenvalue weighted by molar-refractivity contribution is 6.30. The van der Waals surface area contributed by atoms with Gasteiger partial charge >= 0.3 is 0 Å². The summed E-state index contributed by atoms with van der Waals surface area (Å²) in [6, 6.07) is 8.73. The fourth-order valence-corrected chi connectivity index (χ4v) is 4.37. The van der Waals surface area contributed by atoms with Crippen LogP contribution in [0.25, 0.3) is 0 Å². The molecule has 28 heavy (non-hydrogen) atoms. The lowest BCUT2D eigenvalue weighted by Gasteiger charge is -2.33. The Labute approximate surface area is 175 Å². The van der Waals surface area contributed by atoms with E-state index in [4.69, 9.17) is 16.6 Å². The van der Waals surface area contributed by atoms with Crippen molar-refractivity contribution in [1.29, 1.82) is 0 Å². The summed E-state index contributed by atoms with van der Waals surface area (Å²) in [4.78, 5) is 9.86. The minimum atomic E-state index is 0.508. The van der Waals surface area contributed by atoms with Crippen LogP contribution in [0.2, 0.25) is 5.02 Å². The summed E-state index contributed by atoms with van der Waals surface area (Å²) in [6.45, 7) is 9.62. The number of aliphatic imine (C=N–C) groups is 1. The van der Waals surface area contributed by atoms with Crippen LogP contribution in [0.4, 0.5) is 0 Å². The van der Waals surface area contributed by atoms with Crippen LogP contribution in [-0.4, -0.2) is 68.1 Å². The van der Waals surface area contributed by atoms with Crippen molar-refractivity contribution in [2.24, 2.45) is 10.9 Å². The molecule has 1 atom stereocenters. The first-order valence-electron chi connectivity index (χ1n) is 10.8. The van der Waals surface area contributed by atoms with Crippen LogP contribution in [0.1, 0.15) is 38.2 Å². The number of rotatable bonds is 6. The lowest BCUT2D eigenvalue weighted by Crippen LogP contribution is -2.48. The Morgan fingerprint density at radius 1 is 1.14 bits per heavy atom. The third-order valence-electron chi connectivity index (χ3n) is 5.82. The molecule has 2 fully saturated rings. The van der Waals surface area contributed by atoms with Crippen molar-refractivity contribution in [2.45, 2.75) is 45.2 Å². The molecule has 2 aliphatic heterocycles. The Kier molecular flexibility index (Phi) is 8.44. The van der Waals surface area contributed by atoms with Gasteiger partial charge in [0, 0.05) is 50.3 Å². The van der Waals surface area contributed by atoms with Gasteiger partial charge < -0.3 is 15.5 Å². The Bertz CT molecular complexity index is 610. The highest BCUT2D eigenvalue weighted by Crippen LogP contribution is 2.17. The summed E-state index contributed by atoms with van der Waals surface area (Å²) < 4.78 is 0. The van der Waals surface area contributed by atoms with Crippen molar-refractivity contribution in [2.75, 3.05) is 46.3 Å². The first kappa shape index (κ1) is 21.4. The van der Waals surface area contributed by atoms with E-state index in [2.05, 4.69) is 46.5 Å². The van der Waals surface area contributed by atoms with Crippen molar-refractivity contribution in [3.8, 4) is 0 Å². The molecule has 0 aromatic heterocycles. The fourth-order valence-electron chi connectivity index (χ4n) is 4.24. The van der Waals surface area contributed by atoms with Crippen molar-refractivity contribution in [3.05, 3.63) is 34.9 Å². The molecule has 6 heteroatoms. The van der Waals surface area contributed by atoms with Crippen LogP contribution in [0.15, 0.2) is 29.3 Å². The van der Waals surface area contributed by atoms with Crippen LogP contribution in [0.5, 0.6) is 0 Å². The molecule has 3 rings (SSSR count). The molecule has 1 aromatic rings. The average molecular weight is 406 g/mol. The molecule has 0 spiro atoms. The van der Waals surface area contributed by atoms with Crippen molar-refractivity contribution in [3.63, 3.8) is 0 Å². The zero-order chi connectivity index (χ0) is 19.8. The first-order chi connectivity index (χ1) is 13.6.